The van der Waals surface area contributed by atoms with Crippen molar-refractivity contribution in [1.29, 1.82) is 0 Å². The number of piperidine rings is 1. The number of nitrogens with one attached hydrogen (secondary N) is 1. The van der Waals surface area contributed by atoms with E-state index < -0.39 is 20.0 Å². The van der Waals surface area contributed by atoms with Gasteiger partial charge in [-0.25, -0.2) is 21.1 Å². The van der Waals surface area contributed by atoms with Crippen LogP contribution < -0.4 is 10.1 Å². The molecule has 0 spiro atoms. The number of hydrogen-bond acceptors (Lipinski definition) is 7. The Bertz CT molecular complexity index is 1280. The average molecular weight is 566 g/mol. The smallest absolute Gasteiger partial charge is 0.243 e. The van der Waals surface area contributed by atoms with Gasteiger partial charge in [-0.1, -0.05) is 29.8 Å². The number of benzene rings is 2. The molecule has 0 unspecified atom stereocenters. The molecule has 38 heavy (non-hydrogen) atoms. The molecule has 12 heteroatoms. The topological polar surface area (TPSA) is 122 Å². The summed E-state index contributed by atoms with van der Waals surface area (Å²) in [7, 11) is -6.99. The molecule has 2 aliphatic heterocycles. The van der Waals surface area contributed by atoms with Crippen LogP contribution in [0.15, 0.2) is 53.4 Å². The standard InChI is InChI=1S/C26H35N3O7S2/c1-21-2-4-22(5-3-21)20-37(31,32)28-13-10-23(11-14-28)26(30)27-12-17-36-24-6-8-25(9-7-24)38(33,34)29-15-18-35-19-16-29/h2-9,23H,10-20H2,1H3,(H,27,30). The molecule has 2 saturated heterocycles. The number of carbonyl (C=O) groups is 1. The average Bonchev–Trinajstić information content (AvgIpc) is 2.93. The maximum absolute atomic E-state index is 12.8. The van der Waals surface area contributed by atoms with Crippen molar-refractivity contribution in [2.45, 2.75) is 30.4 Å². The van der Waals surface area contributed by atoms with Crippen molar-refractivity contribution in [2.75, 3.05) is 52.5 Å². The summed E-state index contributed by atoms with van der Waals surface area (Å²) in [6.45, 7) is 4.57. The maximum atomic E-state index is 12.8. The third-order valence-electron chi connectivity index (χ3n) is 6.79. The molecule has 2 heterocycles. The first-order valence-corrected chi connectivity index (χ1v) is 15.8. The Kier molecular flexibility index (Phi) is 9.42. The van der Waals surface area contributed by atoms with Gasteiger partial charge in [0.2, 0.25) is 26.0 Å². The summed E-state index contributed by atoms with van der Waals surface area (Å²) in [5.41, 5.74) is 1.83. The molecular formula is C26H35N3O7S2. The van der Waals surface area contributed by atoms with Crippen LogP contribution >= 0.6 is 0 Å². The largest absolute Gasteiger partial charge is 0.492 e. The van der Waals surface area contributed by atoms with Crippen LogP contribution in [0.3, 0.4) is 0 Å². The number of amides is 1. The molecule has 2 aromatic rings. The van der Waals surface area contributed by atoms with Crippen LogP contribution in [0.2, 0.25) is 0 Å². The minimum Gasteiger partial charge on any atom is -0.492 e. The number of sulfonamides is 2. The van der Waals surface area contributed by atoms with E-state index in [-0.39, 0.29) is 29.1 Å². The van der Waals surface area contributed by atoms with E-state index in [4.69, 9.17) is 9.47 Å². The van der Waals surface area contributed by atoms with Gasteiger partial charge in [-0.2, -0.15) is 4.31 Å². The first-order valence-electron chi connectivity index (χ1n) is 12.8. The fourth-order valence-corrected chi connectivity index (χ4v) is 7.49. The van der Waals surface area contributed by atoms with E-state index in [2.05, 4.69) is 5.32 Å². The van der Waals surface area contributed by atoms with Gasteiger partial charge in [-0.15, -0.1) is 0 Å². The van der Waals surface area contributed by atoms with Crippen LogP contribution in [-0.4, -0.2) is 83.9 Å². The van der Waals surface area contributed by atoms with Gasteiger partial charge in [0.1, 0.15) is 12.4 Å². The van der Waals surface area contributed by atoms with E-state index in [9.17, 15) is 21.6 Å². The molecule has 0 saturated carbocycles. The molecule has 10 nitrogen and oxygen atoms in total. The molecule has 2 fully saturated rings. The lowest BCUT2D eigenvalue weighted by Gasteiger charge is -2.30. The zero-order valence-corrected chi connectivity index (χ0v) is 23.2. The van der Waals surface area contributed by atoms with Crippen LogP contribution in [-0.2, 0) is 35.3 Å². The molecule has 4 rings (SSSR count). The molecule has 0 bridgehead atoms. The minimum atomic E-state index is -3.56. The first kappa shape index (κ1) is 28.5. The van der Waals surface area contributed by atoms with Crippen molar-refractivity contribution >= 4 is 26.0 Å². The molecule has 0 aliphatic carbocycles. The van der Waals surface area contributed by atoms with Crippen molar-refractivity contribution in [1.82, 2.24) is 13.9 Å². The zero-order valence-electron chi connectivity index (χ0n) is 21.5. The van der Waals surface area contributed by atoms with Crippen LogP contribution in [0, 0.1) is 12.8 Å². The number of nitrogens with zero attached hydrogens (tertiary/aromatic N) is 2. The summed E-state index contributed by atoms with van der Waals surface area (Å²) in [6, 6.07) is 13.7. The van der Waals surface area contributed by atoms with E-state index in [0.717, 1.165) is 11.1 Å². The summed E-state index contributed by atoms with van der Waals surface area (Å²) in [6.07, 6.45) is 0.942. The second-order valence-electron chi connectivity index (χ2n) is 9.54. The lowest BCUT2D eigenvalue weighted by Crippen LogP contribution is -2.43. The van der Waals surface area contributed by atoms with Crippen molar-refractivity contribution in [3.8, 4) is 5.75 Å². The zero-order chi connectivity index (χ0) is 27.2. The number of carbonyl (C=O) groups excluding carboxylic acids is 1. The molecule has 0 aromatic heterocycles. The van der Waals surface area contributed by atoms with E-state index in [1.54, 1.807) is 12.1 Å². The summed E-state index contributed by atoms with van der Waals surface area (Å²) < 4.78 is 64.7. The van der Waals surface area contributed by atoms with E-state index in [0.29, 0.717) is 64.5 Å². The van der Waals surface area contributed by atoms with Crippen LogP contribution in [0.5, 0.6) is 5.75 Å². The minimum absolute atomic E-state index is 0.0401. The first-order chi connectivity index (χ1) is 18.1. The molecule has 1 N–H and O–H groups in total. The van der Waals surface area contributed by atoms with Gasteiger partial charge in [0, 0.05) is 32.1 Å². The Morgan fingerprint density at radius 2 is 1.55 bits per heavy atom. The monoisotopic (exact) mass is 565 g/mol. The SMILES string of the molecule is Cc1ccc(CS(=O)(=O)N2CCC(C(=O)NCCOc3ccc(S(=O)(=O)N4CCOCC4)cc3)CC2)cc1. The Morgan fingerprint density at radius 1 is 0.921 bits per heavy atom. The van der Waals surface area contributed by atoms with Gasteiger partial charge in [-0.3, -0.25) is 4.79 Å². The Labute approximate surface area is 225 Å². The molecule has 208 valence electrons. The number of morpholine rings is 1. The highest BCUT2D eigenvalue weighted by Gasteiger charge is 2.31. The molecule has 0 atom stereocenters. The van der Waals surface area contributed by atoms with Crippen molar-refractivity contribution in [3.63, 3.8) is 0 Å². The van der Waals surface area contributed by atoms with Gasteiger partial charge in [-0.05, 0) is 49.6 Å². The number of ether oxygens (including phenoxy) is 2. The van der Waals surface area contributed by atoms with Gasteiger partial charge in [0.05, 0.1) is 30.4 Å². The fourth-order valence-electron chi connectivity index (χ4n) is 4.51. The van der Waals surface area contributed by atoms with Gasteiger partial charge in [0.25, 0.3) is 0 Å². The van der Waals surface area contributed by atoms with Gasteiger partial charge >= 0.3 is 0 Å². The molecule has 1 amide bonds. The van der Waals surface area contributed by atoms with E-state index in [1.165, 1.54) is 20.7 Å². The number of hydrogen-bond donors (Lipinski definition) is 1. The number of aryl methyl sites for hydroxylation is 1. The fraction of sp³-hybridized carbons (Fsp3) is 0.500. The van der Waals surface area contributed by atoms with Crippen LogP contribution in [0.25, 0.3) is 0 Å². The summed E-state index contributed by atoms with van der Waals surface area (Å²) in [4.78, 5) is 12.8. The van der Waals surface area contributed by atoms with Crippen molar-refractivity contribution in [2.24, 2.45) is 5.92 Å². The third-order valence-corrected chi connectivity index (χ3v) is 10.6. The highest BCUT2D eigenvalue weighted by atomic mass is 32.2. The summed E-state index contributed by atoms with van der Waals surface area (Å²) >= 11 is 0. The highest BCUT2D eigenvalue weighted by Crippen LogP contribution is 2.23. The maximum Gasteiger partial charge on any atom is 0.243 e. The normalized spacial score (nSPS) is 18.2. The van der Waals surface area contributed by atoms with Gasteiger partial charge in [0.15, 0.2) is 0 Å². The Balaban J connectivity index is 1.17. The Hall–Kier alpha value is -2.51. The second kappa shape index (κ2) is 12.6. The van der Waals surface area contributed by atoms with Crippen molar-refractivity contribution < 1.29 is 31.1 Å². The van der Waals surface area contributed by atoms with Gasteiger partial charge < -0.3 is 14.8 Å². The quantitative estimate of drug-likeness (QED) is 0.436. The molecule has 2 aliphatic rings. The lowest BCUT2D eigenvalue weighted by atomic mass is 9.97. The molecule has 2 aromatic carbocycles. The summed E-state index contributed by atoms with van der Waals surface area (Å²) in [5, 5.41) is 2.85. The van der Waals surface area contributed by atoms with Crippen molar-refractivity contribution in [3.05, 3.63) is 59.7 Å². The van der Waals surface area contributed by atoms with E-state index >= 15 is 0 Å². The second-order valence-corrected chi connectivity index (χ2v) is 13.4. The predicted molar refractivity (Wildman–Crippen MR) is 143 cm³/mol. The predicted octanol–water partition coefficient (Wildman–Crippen LogP) is 1.75. The molecule has 0 radical (unpaired) electrons. The summed E-state index contributed by atoms with van der Waals surface area (Å²) in [5.74, 6) is 0.107. The highest BCUT2D eigenvalue weighted by molar-refractivity contribution is 7.89. The lowest BCUT2D eigenvalue weighted by molar-refractivity contribution is -0.126. The van der Waals surface area contributed by atoms with Crippen LogP contribution in [0.1, 0.15) is 24.0 Å². The van der Waals surface area contributed by atoms with Crippen LogP contribution in [0.4, 0.5) is 0 Å². The number of rotatable bonds is 10. The third kappa shape index (κ3) is 7.32. The Morgan fingerprint density at radius 3 is 2.18 bits per heavy atom. The van der Waals surface area contributed by atoms with E-state index in [1.807, 2.05) is 31.2 Å². The molecular weight excluding hydrogens is 530 g/mol.